The molecule has 0 N–H and O–H groups in total. The van der Waals surface area contributed by atoms with E-state index in [0.29, 0.717) is 6.20 Å². The van der Waals surface area contributed by atoms with Crippen LogP contribution < -0.4 is 4.74 Å². The zero-order valence-electron chi connectivity index (χ0n) is 11.8. The lowest BCUT2D eigenvalue weighted by Crippen LogP contribution is -2.57. The number of hydrogen-bond donors (Lipinski definition) is 0. The molecule has 0 aromatic carbocycles. The van der Waals surface area contributed by atoms with Gasteiger partial charge in [0, 0.05) is 18.5 Å². The van der Waals surface area contributed by atoms with Crippen LogP contribution in [-0.4, -0.2) is 40.5 Å². The van der Waals surface area contributed by atoms with Gasteiger partial charge in [0.1, 0.15) is 6.10 Å². The van der Waals surface area contributed by atoms with E-state index in [2.05, 4.69) is 9.97 Å². The molecule has 2 aliphatic rings. The Labute approximate surface area is 125 Å². The van der Waals surface area contributed by atoms with Gasteiger partial charge in [-0.2, -0.15) is 13.2 Å². The van der Waals surface area contributed by atoms with E-state index in [0.717, 1.165) is 51.4 Å². The van der Waals surface area contributed by atoms with Crippen molar-refractivity contribution >= 4 is 6.41 Å². The number of alkyl halides is 3. The maximum atomic E-state index is 12.4. The van der Waals surface area contributed by atoms with Gasteiger partial charge in [0.25, 0.3) is 0 Å². The number of ether oxygens (including phenoxy) is 1. The zero-order valence-corrected chi connectivity index (χ0v) is 11.8. The summed E-state index contributed by atoms with van der Waals surface area (Å²) in [6, 6.07) is 0. The zero-order chi connectivity index (χ0) is 15.8. The van der Waals surface area contributed by atoms with Gasteiger partial charge >= 0.3 is 6.18 Å². The molecule has 0 unspecified atom stereocenters. The summed E-state index contributed by atoms with van der Waals surface area (Å²) >= 11 is 0. The largest absolute Gasteiger partial charge is 0.473 e. The second kappa shape index (κ2) is 5.40. The van der Waals surface area contributed by atoms with Crippen molar-refractivity contribution in [3.05, 3.63) is 18.1 Å². The van der Waals surface area contributed by atoms with E-state index in [1.165, 1.54) is 0 Å². The van der Waals surface area contributed by atoms with Crippen molar-refractivity contribution in [1.82, 2.24) is 14.9 Å². The molecule has 0 atom stereocenters. The third-order valence-electron chi connectivity index (χ3n) is 4.43. The third kappa shape index (κ3) is 3.00. The SMILES string of the molecule is O=CN1CC2(CCC(Oc3cnc(C(F)(F)F)cn3)CC2)C1. The molecule has 1 aromatic heterocycles. The van der Waals surface area contributed by atoms with Crippen molar-refractivity contribution in [1.29, 1.82) is 0 Å². The Bertz CT molecular complexity index is 531. The summed E-state index contributed by atoms with van der Waals surface area (Å²) in [4.78, 5) is 19.4. The number of carbonyl (C=O) groups excluding carboxylic acids is 1. The Morgan fingerprint density at radius 2 is 1.91 bits per heavy atom. The molecule has 5 nitrogen and oxygen atoms in total. The predicted octanol–water partition coefficient (Wildman–Crippen LogP) is 2.28. The maximum Gasteiger partial charge on any atom is 0.434 e. The molecule has 1 saturated carbocycles. The number of halogens is 3. The fraction of sp³-hybridized carbons (Fsp3) is 0.643. The number of likely N-dealkylation sites (tertiary alicyclic amines) is 1. The molecular weight excluding hydrogens is 299 g/mol. The molecule has 3 rings (SSSR count). The van der Waals surface area contributed by atoms with Crippen LogP contribution in [0.2, 0.25) is 0 Å². The molecule has 8 heteroatoms. The first-order valence-electron chi connectivity index (χ1n) is 7.15. The van der Waals surface area contributed by atoms with Crippen molar-refractivity contribution in [2.45, 2.75) is 38.0 Å². The molecule has 1 saturated heterocycles. The highest BCUT2D eigenvalue weighted by Crippen LogP contribution is 2.43. The molecule has 2 heterocycles. The van der Waals surface area contributed by atoms with Gasteiger partial charge in [-0.15, -0.1) is 0 Å². The van der Waals surface area contributed by atoms with Crippen LogP contribution >= 0.6 is 0 Å². The van der Waals surface area contributed by atoms with Crippen molar-refractivity contribution in [2.24, 2.45) is 5.41 Å². The molecular formula is C14H16F3N3O2. The Morgan fingerprint density at radius 1 is 1.23 bits per heavy atom. The van der Waals surface area contributed by atoms with E-state index in [-0.39, 0.29) is 17.4 Å². The average molecular weight is 315 g/mol. The molecule has 1 spiro atoms. The quantitative estimate of drug-likeness (QED) is 0.803. The minimum absolute atomic E-state index is 0.0538. The molecule has 2 fully saturated rings. The van der Waals surface area contributed by atoms with Gasteiger partial charge in [-0.05, 0) is 25.7 Å². The van der Waals surface area contributed by atoms with Crippen molar-refractivity contribution in [3.8, 4) is 5.88 Å². The van der Waals surface area contributed by atoms with Crippen LogP contribution in [0.5, 0.6) is 5.88 Å². The number of amides is 1. The van der Waals surface area contributed by atoms with Crippen LogP contribution in [0.3, 0.4) is 0 Å². The van der Waals surface area contributed by atoms with Gasteiger partial charge in [-0.1, -0.05) is 0 Å². The highest BCUT2D eigenvalue weighted by Gasteiger charge is 2.45. The highest BCUT2D eigenvalue weighted by atomic mass is 19.4. The third-order valence-corrected chi connectivity index (χ3v) is 4.43. The number of rotatable bonds is 3. The van der Waals surface area contributed by atoms with Crippen LogP contribution in [0.25, 0.3) is 0 Å². The molecule has 1 aliphatic heterocycles. The minimum Gasteiger partial charge on any atom is -0.473 e. The first kappa shape index (κ1) is 15.1. The molecule has 1 aromatic rings. The monoisotopic (exact) mass is 315 g/mol. The van der Waals surface area contributed by atoms with Gasteiger partial charge in [-0.3, -0.25) is 4.79 Å². The summed E-state index contributed by atoms with van der Waals surface area (Å²) in [5.74, 6) is 0.122. The van der Waals surface area contributed by atoms with E-state index in [9.17, 15) is 18.0 Å². The van der Waals surface area contributed by atoms with Gasteiger partial charge < -0.3 is 9.64 Å². The van der Waals surface area contributed by atoms with E-state index in [1.807, 2.05) is 0 Å². The number of hydrogen-bond acceptors (Lipinski definition) is 4. The Morgan fingerprint density at radius 3 is 2.41 bits per heavy atom. The van der Waals surface area contributed by atoms with Crippen molar-refractivity contribution in [2.75, 3.05) is 13.1 Å². The van der Waals surface area contributed by atoms with Crippen molar-refractivity contribution < 1.29 is 22.7 Å². The maximum absolute atomic E-state index is 12.4. The smallest absolute Gasteiger partial charge is 0.434 e. The lowest BCUT2D eigenvalue weighted by Gasteiger charge is -2.51. The van der Waals surface area contributed by atoms with Crippen LogP contribution in [-0.2, 0) is 11.0 Å². The Hall–Kier alpha value is -1.86. The molecule has 1 aliphatic carbocycles. The summed E-state index contributed by atoms with van der Waals surface area (Å²) in [5.41, 5.74) is -0.807. The lowest BCUT2D eigenvalue weighted by atomic mass is 9.68. The molecule has 0 bridgehead atoms. The first-order chi connectivity index (χ1) is 10.4. The van der Waals surface area contributed by atoms with E-state index >= 15 is 0 Å². The normalized spacial score (nSPS) is 21.5. The number of carbonyl (C=O) groups is 1. The number of aromatic nitrogens is 2. The van der Waals surface area contributed by atoms with E-state index in [4.69, 9.17) is 4.74 Å². The second-order valence-electron chi connectivity index (χ2n) is 6.07. The molecule has 22 heavy (non-hydrogen) atoms. The van der Waals surface area contributed by atoms with Gasteiger partial charge in [0.05, 0.1) is 12.4 Å². The van der Waals surface area contributed by atoms with Gasteiger partial charge in [0.15, 0.2) is 5.69 Å². The number of nitrogens with zero attached hydrogens (tertiary/aromatic N) is 3. The highest BCUT2D eigenvalue weighted by molar-refractivity contribution is 5.49. The average Bonchev–Trinajstić information content (AvgIpc) is 2.45. The van der Waals surface area contributed by atoms with Gasteiger partial charge in [0.2, 0.25) is 12.3 Å². The van der Waals surface area contributed by atoms with E-state index < -0.39 is 11.9 Å². The predicted molar refractivity (Wildman–Crippen MR) is 70.0 cm³/mol. The summed E-state index contributed by atoms with van der Waals surface area (Å²) < 4.78 is 42.8. The first-order valence-corrected chi connectivity index (χ1v) is 7.15. The summed E-state index contributed by atoms with van der Waals surface area (Å²) in [6.07, 6.45) is 1.57. The summed E-state index contributed by atoms with van der Waals surface area (Å²) in [6.45, 7) is 1.59. The Kier molecular flexibility index (Phi) is 3.70. The fourth-order valence-corrected chi connectivity index (χ4v) is 3.22. The lowest BCUT2D eigenvalue weighted by molar-refractivity contribution is -0.141. The molecule has 1 amide bonds. The van der Waals surface area contributed by atoms with Crippen LogP contribution in [0.1, 0.15) is 31.4 Å². The van der Waals surface area contributed by atoms with Crippen LogP contribution in [0.15, 0.2) is 12.4 Å². The summed E-state index contributed by atoms with van der Waals surface area (Å²) in [5, 5.41) is 0. The van der Waals surface area contributed by atoms with Crippen molar-refractivity contribution in [3.63, 3.8) is 0 Å². The van der Waals surface area contributed by atoms with E-state index in [1.54, 1.807) is 4.90 Å². The molecule has 0 radical (unpaired) electrons. The fourth-order valence-electron chi connectivity index (χ4n) is 3.22. The van der Waals surface area contributed by atoms with Gasteiger partial charge in [-0.25, -0.2) is 9.97 Å². The molecule has 120 valence electrons. The Balaban J connectivity index is 1.52. The second-order valence-corrected chi connectivity index (χ2v) is 6.07. The standard InChI is InChI=1S/C14H16F3N3O2/c15-14(16,17)11-5-19-12(6-18-11)22-10-1-3-13(4-2-10)7-20(8-13)9-21/h5-6,9-10H,1-4,7-8H2. The topological polar surface area (TPSA) is 55.3 Å². The van der Waals surface area contributed by atoms with Crippen LogP contribution in [0, 0.1) is 5.41 Å². The minimum atomic E-state index is -4.49. The van der Waals surface area contributed by atoms with Crippen LogP contribution in [0.4, 0.5) is 13.2 Å². The summed E-state index contributed by atoms with van der Waals surface area (Å²) in [7, 11) is 0.